The van der Waals surface area contributed by atoms with Crippen molar-refractivity contribution in [2.45, 2.75) is 13.8 Å². The fourth-order valence-corrected chi connectivity index (χ4v) is 2.60. The third-order valence-electron chi connectivity index (χ3n) is 3.62. The van der Waals surface area contributed by atoms with Crippen molar-refractivity contribution in [3.05, 3.63) is 47.8 Å². The molecule has 0 bridgehead atoms. The maximum atomic E-state index is 14.5. The van der Waals surface area contributed by atoms with Gasteiger partial charge < -0.3 is 9.47 Å². The van der Waals surface area contributed by atoms with E-state index in [9.17, 15) is 13.2 Å². The van der Waals surface area contributed by atoms with E-state index in [2.05, 4.69) is 0 Å². The van der Waals surface area contributed by atoms with Gasteiger partial charge >= 0.3 is 0 Å². The van der Waals surface area contributed by atoms with Gasteiger partial charge in [0, 0.05) is 10.8 Å². The summed E-state index contributed by atoms with van der Waals surface area (Å²) < 4.78 is 53.0. The summed E-state index contributed by atoms with van der Waals surface area (Å²) in [7, 11) is 0. The summed E-state index contributed by atoms with van der Waals surface area (Å²) in [6.07, 6.45) is 0. The zero-order valence-electron chi connectivity index (χ0n) is 12.8. The summed E-state index contributed by atoms with van der Waals surface area (Å²) in [5, 5.41) is 1.22. The van der Waals surface area contributed by atoms with Gasteiger partial charge in [0.15, 0.2) is 23.1 Å². The molecule has 0 unspecified atom stereocenters. The summed E-state index contributed by atoms with van der Waals surface area (Å²) in [5.74, 6) is -2.76. The molecule has 3 aromatic rings. The molecule has 0 N–H and O–H groups in total. The van der Waals surface area contributed by atoms with Gasteiger partial charge in [0.05, 0.1) is 13.2 Å². The van der Waals surface area contributed by atoms with Crippen LogP contribution in [0, 0.1) is 17.5 Å². The molecule has 0 spiro atoms. The highest BCUT2D eigenvalue weighted by atomic mass is 19.2. The number of hydrogen-bond donors (Lipinski definition) is 0. The SMILES string of the molecule is CCOc1cc2cc3ccc(OCC)c(F)c3cc2c(F)c1F. The Bertz CT molecular complexity index is 891. The van der Waals surface area contributed by atoms with E-state index < -0.39 is 17.5 Å². The Balaban J connectivity index is 2.31. The van der Waals surface area contributed by atoms with Gasteiger partial charge in [0.25, 0.3) is 0 Å². The van der Waals surface area contributed by atoms with Gasteiger partial charge in [-0.25, -0.2) is 8.78 Å². The molecule has 0 amide bonds. The second-order valence-electron chi connectivity index (χ2n) is 5.04. The Morgan fingerprint density at radius 2 is 1.35 bits per heavy atom. The van der Waals surface area contributed by atoms with Gasteiger partial charge in [0.1, 0.15) is 0 Å². The second kappa shape index (κ2) is 5.99. The van der Waals surface area contributed by atoms with Crippen LogP contribution in [0.3, 0.4) is 0 Å². The van der Waals surface area contributed by atoms with Crippen LogP contribution in [0.25, 0.3) is 21.5 Å². The molecule has 0 aliphatic carbocycles. The van der Waals surface area contributed by atoms with Gasteiger partial charge in [-0.3, -0.25) is 0 Å². The van der Waals surface area contributed by atoms with E-state index in [0.717, 1.165) is 0 Å². The molecular formula is C18H15F3O2. The molecule has 0 saturated heterocycles. The van der Waals surface area contributed by atoms with Crippen LogP contribution in [0.1, 0.15) is 13.8 Å². The van der Waals surface area contributed by atoms with E-state index in [1.54, 1.807) is 26.0 Å². The molecule has 3 aromatic carbocycles. The van der Waals surface area contributed by atoms with Crippen LogP contribution in [-0.2, 0) is 0 Å². The maximum Gasteiger partial charge on any atom is 0.201 e. The van der Waals surface area contributed by atoms with E-state index in [0.29, 0.717) is 17.4 Å². The van der Waals surface area contributed by atoms with Crippen LogP contribution in [-0.4, -0.2) is 13.2 Å². The minimum Gasteiger partial charge on any atom is -0.491 e. The van der Waals surface area contributed by atoms with Crippen molar-refractivity contribution in [3.63, 3.8) is 0 Å². The lowest BCUT2D eigenvalue weighted by molar-refractivity contribution is 0.315. The molecule has 0 heterocycles. The van der Waals surface area contributed by atoms with Crippen molar-refractivity contribution >= 4 is 21.5 Å². The third kappa shape index (κ3) is 2.56. The lowest BCUT2D eigenvalue weighted by Crippen LogP contribution is -1.99. The number of benzene rings is 3. The molecule has 23 heavy (non-hydrogen) atoms. The largest absolute Gasteiger partial charge is 0.491 e. The highest BCUT2D eigenvalue weighted by Gasteiger charge is 2.17. The quantitative estimate of drug-likeness (QED) is 0.615. The Labute approximate surface area is 131 Å². The van der Waals surface area contributed by atoms with Crippen LogP contribution < -0.4 is 9.47 Å². The highest BCUT2D eigenvalue weighted by molar-refractivity contribution is 5.99. The summed E-state index contributed by atoms with van der Waals surface area (Å²) in [4.78, 5) is 0. The first-order valence-electron chi connectivity index (χ1n) is 7.36. The van der Waals surface area contributed by atoms with Crippen molar-refractivity contribution in [3.8, 4) is 11.5 Å². The summed E-state index contributed by atoms with van der Waals surface area (Å²) in [6, 6.07) is 7.54. The molecule has 3 rings (SSSR count). The zero-order valence-corrected chi connectivity index (χ0v) is 12.8. The van der Waals surface area contributed by atoms with Crippen molar-refractivity contribution in [1.29, 1.82) is 0 Å². The molecule has 0 atom stereocenters. The highest BCUT2D eigenvalue weighted by Crippen LogP contribution is 2.34. The number of rotatable bonds is 4. The zero-order chi connectivity index (χ0) is 16.6. The molecule has 0 radical (unpaired) electrons. The Morgan fingerprint density at radius 1 is 0.696 bits per heavy atom. The molecule has 0 fully saturated rings. The number of ether oxygens (including phenoxy) is 2. The number of halogens is 3. The maximum absolute atomic E-state index is 14.5. The van der Waals surface area contributed by atoms with Gasteiger partial charge in [-0.15, -0.1) is 0 Å². The average Bonchev–Trinajstić information content (AvgIpc) is 2.54. The lowest BCUT2D eigenvalue weighted by Gasteiger charge is -2.11. The van der Waals surface area contributed by atoms with Crippen LogP contribution >= 0.6 is 0 Å². The van der Waals surface area contributed by atoms with Gasteiger partial charge in [-0.2, -0.15) is 4.39 Å². The van der Waals surface area contributed by atoms with E-state index in [1.165, 1.54) is 18.2 Å². The molecule has 0 aliphatic rings. The molecule has 0 aromatic heterocycles. The van der Waals surface area contributed by atoms with E-state index in [-0.39, 0.29) is 28.9 Å². The van der Waals surface area contributed by atoms with Gasteiger partial charge in [-0.1, -0.05) is 6.07 Å². The first-order chi connectivity index (χ1) is 11.1. The fourth-order valence-electron chi connectivity index (χ4n) is 2.60. The summed E-state index contributed by atoms with van der Waals surface area (Å²) >= 11 is 0. The lowest BCUT2D eigenvalue weighted by atomic mass is 10.0. The first-order valence-corrected chi connectivity index (χ1v) is 7.36. The summed E-state index contributed by atoms with van der Waals surface area (Å²) in [6.45, 7) is 3.97. The molecular weight excluding hydrogens is 305 g/mol. The Kier molecular flexibility index (Phi) is 4.03. The monoisotopic (exact) mass is 320 g/mol. The molecule has 0 aliphatic heterocycles. The second-order valence-corrected chi connectivity index (χ2v) is 5.04. The van der Waals surface area contributed by atoms with Crippen LogP contribution in [0.2, 0.25) is 0 Å². The summed E-state index contributed by atoms with van der Waals surface area (Å²) in [5.41, 5.74) is 0. The third-order valence-corrected chi connectivity index (χ3v) is 3.62. The minimum absolute atomic E-state index is 0.00556. The topological polar surface area (TPSA) is 18.5 Å². The first kappa shape index (κ1) is 15.5. The predicted molar refractivity (Wildman–Crippen MR) is 83.7 cm³/mol. The minimum atomic E-state index is -1.07. The standard InChI is InChI=1S/C18H15F3O2/c1-3-22-14-6-5-10-7-11-8-15(23-4-2)18(21)17(20)13(11)9-12(10)16(14)19/h5-9H,3-4H2,1-2H3. The van der Waals surface area contributed by atoms with Crippen molar-refractivity contribution in [1.82, 2.24) is 0 Å². The van der Waals surface area contributed by atoms with E-state index in [4.69, 9.17) is 9.47 Å². The Hall–Kier alpha value is -2.43. The Morgan fingerprint density at radius 3 is 2.04 bits per heavy atom. The normalized spacial score (nSPS) is 11.2. The molecule has 5 heteroatoms. The average molecular weight is 320 g/mol. The van der Waals surface area contributed by atoms with Crippen LogP contribution in [0.4, 0.5) is 13.2 Å². The molecule has 0 saturated carbocycles. The number of fused-ring (bicyclic) bond motifs is 2. The molecule has 120 valence electrons. The van der Waals surface area contributed by atoms with E-state index >= 15 is 0 Å². The van der Waals surface area contributed by atoms with Gasteiger partial charge in [-0.05, 0) is 48.9 Å². The predicted octanol–water partition coefficient (Wildman–Crippen LogP) is 5.21. The van der Waals surface area contributed by atoms with Crippen molar-refractivity contribution < 1.29 is 22.6 Å². The van der Waals surface area contributed by atoms with Crippen LogP contribution in [0.15, 0.2) is 30.3 Å². The smallest absolute Gasteiger partial charge is 0.201 e. The fraction of sp³-hybridized carbons (Fsp3) is 0.222. The van der Waals surface area contributed by atoms with E-state index in [1.807, 2.05) is 0 Å². The van der Waals surface area contributed by atoms with Crippen LogP contribution in [0.5, 0.6) is 11.5 Å². The number of hydrogen-bond acceptors (Lipinski definition) is 2. The van der Waals surface area contributed by atoms with Crippen molar-refractivity contribution in [2.24, 2.45) is 0 Å². The molecule has 2 nitrogen and oxygen atoms in total. The van der Waals surface area contributed by atoms with Gasteiger partial charge in [0.2, 0.25) is 5.82 Å². The van der Waals surface area contributed by atoms with Crippen molar-refractivity contribution in [2.75, 3.05) is 13.2 Å².